The Kier molecular flexibility index (Phi) is 3.53. The van der Waals surface area contributed by atoms with Crippen molar-refractivity contribution < 1.29 is 13.9 Å². The van der Waals surface area contributed by atoms with Gasteiger partial charge in [0, 0.05) is 0 Å². The fraction of sp³-hybridized carbons (Fsp3) is 0.294. The molecule has 0 saturated heterocycles. The van der Waals surface area contributed by atoms with Crippen molar-refractivity contribution in [1.82, 2.24) is 4.57 Å². The minimum atomic E-state index is -0.433. The first-order valence-corrected chi connectivity index (χ1v) is 8.45. The molecule has 0 atom stereocenters. The molecule has 2 aromatic heterocycles. The highest BCUT2D eigenvalue weighted by atomic mass is 32.1. The van der Waals surface area contributed by atoms with Gasteiger partial charge in [0.15, 0.2) is 5.58 Å². The highest BCUT2D eigenvalue weighted by Crippen LogP contribution is 2.43. The number of thiophene rings is 1. The van der Waals surface area contributed by atoms with E-state index in [-0.39, 0.29) is 19.1 Å². The number of carbonyl (C=O) groups excluding carboxylic acids is 1. The van der Waals surface area contributed by atoms with Crippen molar-refractivity contribution >= 4 is 28.4 Å². The van der Waals surface area contributed by atoms with E-state index in [9.17, 15) is 9.59 Å². The second kappa shape index (κ2) is 5.70. The number of nitrogens with zero attached hydrogens (tertiary/aromatic N) is 1. The fourth-order valence-corrected chi connectivity index (χ4v) is 3.60. The molecule has 0 aliphatic heterocycles. The molecular weight excluding hydrogens is 314 g/mol. The molecule has 1 saturated carbocycles. The molecule has 0 spiro atoms. The van der Waals surface area contributed by atoms with Crippen LogP contribution in [0.1, 0.15) is 34.0 Å². The number of hydrogen-bond donors (Lipinski definition) is 0. The molecule has 0 radical (unpaired) electrons. The largest absolute Gasteiger partial charge is 0.460 e. The second-order valence-corrected chi connectivity index (χ2v) is 6.52. The van der Waals surface area contributed by atoms with Crippen LogP contribution in [0, 0.1) is 0 Å². The van der Waals surface area contributed by atoms with Crippen molar-refractivity contribution in [1.29, 1.82) is 0 Å². The molecule has 0 amide bonds. The highest BCUT2D eigenvalue weighted by Gasteiger charge is 2.29. The number of benzene rings is 1. The summed E-state index contributed by atoms with van der Waals surface area (Å²) in [7, 11) is 0. The van der Waals surface area contributed by atoms with E-state index in [0.29, 0.717) is 21.9 Å². The summed E-state index contributed by atoms with van der Waals surface area (Å²) in [4.78, 5) is 24.8. The van der Waals surface area contributed by atoms with Gasteiger partial charge in [0.1, 0.15) is 11.5 Å². The van der Waals surface area contributed by atoms with Crippen molar-refractivity contribution in [3.05, 3.63) is 56.7 Å². The van der Waals surface area contributed by atoms with Crippen molar-refractivity contribution in [2.45, 2.75) is 25.3 Å². The van der Waals surface area contributed by atoms with Crippen LogP contribution in [0.15, 0.2) is 44.9 Å². The Balaban J connectivity index is 1.45. The van der Waals surface area contributed by atoms with Crippen molar-refractivity contribution in [3.8, 4) is 0 Å². The average Bonchev–Trinajstić information content (AvgIpc) is 3.19. The van der Waals surface area contributed by atoms with Gasteiger partial charge in [-0.1, -0.05) is 12.1 Å². The number of oxazole rings is 1. The van der Waals surface area contributed by atoms with Crippen LogP contribution >= 0.6 is 11.3 Å². The lowest BCUT2D eigenvalue weighted by molar-refractivity contribution is 0.0495. The Labute approximate surface area is 136 Å². The van der Waals surface area contributed by atoms with Crippen LogP contribution in [-0.4, -0.2) is 17.1 Å². The van der Waals surface area contributed by atoms with Crippen LogP contribution in [0.3, 0.4) is 0 Å². The first-order chi connectivity index (χ1) is 11.2. The molecule has 5 nitrogen and oxygen atoms in total. The maximum absolute atomic E-state index is 12.2. The molecule has 1 aliphatic carbocycles. The Hall–Kier alpha value is -2.34. The zero-order valence-corrected chi connectivity index (χ0v) is 13.2. The van der Waals surface area contributed by atoms with Gasteiger partial charge in [-0.2, -0.15) is 0 Å². The lowest BCUT2D eigenvalue weighted by Gasteiger charge is -2.06. The second-order valence-electron chi connectivity index (χ2n) is 5.60. The molecule has 1 aromatic carbocycles. The lowest BCUT2D eigenvalue weighted by atomic mass is 10.2. The van der Waals surface area contributed by atoms with E-state index in [2.05, 4.69) is 0 Å². The molecular formula is C17H15NO4S. The van der Waals surface area contributed by atoms with E-state index in [0.717, 1.165) is 18.4 Å². The van der Waals surface area contributed by atoms with Gasteiger partial charge in [-0.25, -0.2) is 9.59 Å². The monoisotopic (exact) mass is 329 g/mol. The zero-order chi connectivity index (χ0) is 15.8. The minimum absolute atomic E-state index is 0.143. The number of fused-ring (bicyclic) bond motifs is 1. The number of carbonyl (C=O) groups is 1. The number of esters is 1. The quantitative estimate of drug-likeness (QED) is 0.673. The standard InChI is InChI=1S/C17H15NO4S/c19-16(15-12(7-10-23-15)11-5-6-11)21-9-8-18-13-3-1-2-4-14(13)22-17(18)20/h1-4,7,10-11H,5-6,8-9H2. The van der Waals surface area contributed by atoms with Crippen LogP contribution in [0.25, 0.3) is 11.1 Å². The number of hydrogen-bond acceptors (Lipinski definition) is 5. The minimum Gasteiger partial charge on any atom is -0.460 e. The Morgan fingerprint density at radius 3 is 2.96 bits per heavy atom. The van der Waals surface area contributed by atoms with Crippen LogP contribution in [0.5, 0.6) is 0 Å². The molecule has 0 bridgehead atoms. The summed E-state index contributed by atoms with van der Waals surface area (Å²) in [6.45, 7) is 0.427. The summed E-state index contributed by atoms with van der Waals surface area (Å²) in [5.41, 5.74) is 2.35. The van der Waals surface area contributed by atoms with E-state index in [4.69, 9.17) is 9.15 Å². The molecule has 1 aliphatic rings. The van der Waals surface area contributed by atoms with Gasteiger partial charge in [0.2, 0.25) is 0 Å². The Morgan fingerprint density at radius 1 is 1.30 bits per heavy atom. The summed E-state index contributed by atoms with van der Waals surface area (Å²) in [5.74, 6) is -0.218. The predicted molar refractivity (Wildman–Crippen MR) is 87.1 cm³/mol. The Morgan fingerprint density at radius 2 is 2.13 bits per heavy atom. The molecule has 2 heterocycles. The first kappa shape index (κ1) is 14.3. The number of rotatable bonds is 5. The van der Waals surface area contributed by atoms with Crippen molar-refractivity contribution in [2.75, 3.05) is 6.61 Å². The van der Waals surface area contributed by atoms with Crippen molar-refractivity contribution in [3.63, 3.8) is 0 Å². The van der Waals surface area contributed by atoms with Gasteiger partial charge in [-0.3, -0.25) is 4.57 Å². The molecule has 6 heteroatoms. The van der Waals surface area contributed by atoms with E-state index in [1.54, 1.807) is 6.07 Å². The summed E-state index contributed by atoms with van der Waals surface area (Å²) in [5, 5.41) is 1.93. The molecule has 1 fully saturated rings. The highest BCUT2D eigenvalue weighted by molar-refractivity contribution is 7.12. The van der Waals surface area contributed by atoms with Gasteiger partial charge in [0.25, 0.3) is 0 Å². The van der Waals surface area contributed by atoms with Gasteiger partial charge >= 0.3 is 11.7 Å². The first-order valence-electron chi connectivity index (χ1n) is 7.57. The molecule has 0 unspecified atom stereocenters. The third-order valence-corrected chi connectivity index (χ3v) is 4.93. The summed E-state index contributed by atoms with van der Waals surface area (Å²) in [6, 6.07) is 9.21. The summed E-state index contributed by atoms with van der Waals surface area (Å²) < 4.78 is 12.0. The lowest BCUT2D eigenvalue weighted by Crippen LogP contribution is -2.19. The third kappa shape index (κ3) is 2.70. The van der Waals surface area contributed by atoms with Crippen LogP contribution in [0.4, 0.5) is 0 Å². The van der Waals surface area contributed by atoms with Crippen LogP contribution in [0.2, 0.25) is 0 Å². The summed E-state index contributed by atoms with van der Waals surface area (Å²) >= 11 is 1.42. The number of para-hydroxylation sites is 2. The van der Waals surface area contributed by atoms with Gasteiger partial charge in [-0.05, 0) is 47.9 Å². The molecule has 0 N–H and O–H groups in total. The third-order valence-electron chi connectivity index (χ3n) is 4.02. The summed E-state index contributed by atoms with van der Waals surface area (Å²) in [6.07, 6.45) is 2.29. The van der Waals surface area contributed by atoms with E-state index in [1.807, 2.05) is 29.6 Å². The molecule has 3 aromatic rings. The van der Waals surface area contributed by atoms with Gasteiger partial charge < -0.3 is 9.15 Å². The smallest absolute Gasteiger partial charge is 0.420 e. The zero-order valence-electron chi connectivity index (χ0n) is 12.4. The van der Waals surface area contributed by atoms with E-state index < -0.39 is 5.76 Å². The maximum Gasteiger partial charge on any atom is 0.420 e. The molecule has 118 valence electrons. The Bertz CT molecular complexity index is 916. The fourth-order valence-electron chi connectivity index (χ4n) is 2.72. The molecule has 23 heavy (non-hydrogen) atoms. The van der Waals surface area contributed by atoms with E-state index >= 15 is 0 Å². The SMILES string of the molecule is O=C(OCCn1c(=O)oc2ccccc21)c1sccc1C1CC1. The molecule has 4 rings (SSSR count). The topological polar surface area (TPSA) is 61.4 Å². The predicted octanol–water partition coefficient (Wildman–Crippen LogP) is 3.39. The van der Waals surface area contributed by atoms with Crippen LogP contribution < -0.4 is 5.76 Å². The van der Waals surface area contributed by atoms with Gasteiger partial charge in [-0.15, -0.1) is 11.3 Å². The maximum atomic E-state index is 12.2. The number of ether oxygens (including phenoxy) is 1. The van der Waals surface area contributed by atoms with E-state index in [1.165, 1.54) is 15.9 Å². The van der Waals surface area contributed by atoms with Gasteiger partial charge in [0.05, 0.1) is 12.1 Å². The normalized spacial score (nSPS) is 14.3. The van der Waals surface area contributed by atoms with Crippen molar-refractivity contribution in [2.24, 2.45) is 0 Å². The van der Waals surface area contributed by atoms with Crippen LogP contribution in [-0.2, 0) is 11.3 Å². The average molecular weight is 329 g/mol. The number of aromatic nitrogens is 1.